The molecular weight excluding hydrogens is 354 g/mol. The van der Waals surface area contributed by atoms with Crippen molar-refractivity contribution in [3.05, 3.63) is 46.7 Å². The van der Waals surface area contributed by atoms with Gasteiger partial charge in [0, 0.05) is 5.69 Å². The van der Waals surface area contributed by atoms with E-state index in [1.165, 1.54) is 48.0 Å². The SMILES string of the molecule is CC(NS(=O)(=O)c1ccc(NC(=O)c2cccs2)cc1)C(=O)NO. The lowest BCUT2D eigenvalue weighted by molar-refractivity contribution is -0.130. The van der Waals surface area contributed by atoms with E-state index in [0.29, 0.717) is 10.6 Å². The van der Waals surface area contributed by atoms with E-state index in [2.05, 4.69) is 10.0 Å². The average Bonchev–Trinajstić information content (AvgIpc) is 3.08. The standard InChI is InChI=1S/C14H15N3O5S2/c1-9(13(18)16-20)17-24(21,22)11-6-4-10(5-7-11)15-14(19)12-3-2-8-23-12/h2-9,17,20H,1H3,(H,15,19)(H,16,18). The molecule has 1 aromatic carbocycles. The predicted octanol–water partition coefficient (Wildman–Crippen LogP) is 1.17. The Hall–Kier alpha value is -2.27. The molecule has 10 heteroatoms. The number of hydroxylamine groups is 1. The van der Waals surface area contributed by atoms with Crippen LogP contribution in [0.2, 0.25) is 0 Å². The lowest BCUT2D eigenvalue weighted by Gasteiger charge is -2.12. The highest BCUT2D eigenvalue weighted by Crippen LogP contribution is 2.16. The summed E-state index contributed by atoms with van der Waals surface area (Å²) in [7, 11) is -3.94. The number of anilines is 1. The summed E-state index contributed by atoms with van der Waals surface area (Å²) in [5.74, 6) is -1.16. The van der Waals surface area contributed by atoms with Crippen LogP contribution in [0, 0.1) is 0 Å². The monoisotopic (exact) mass is 369 g/mol. The zero-order chi connectivity index (χ0) is 17.7. The number of hydrogen-bond donors (Lipinski definition) is 4. The summed E-state index contributed by atoms with van der Waals surface area (Å²) in [5.41, 5.74) is 1.81. The lowest BCUT2D eigenvalue weighted by Crippen LogP contribution is -2.43. The van der Waals surface area contributed by atoms with Gasteiger partial charge in [-0.05, 0) is 42.6 Å². The third-order valence-corrected chi connectivity index (χ3v) is 5.43. The highest BCUT2D eigenvalue weighted by atomic mass is 32.2. The summed E-state index contributed by atoms with van der Waals surface area (Å²) in [6, 6.07) is 7.78. The molecule has 2 rings (SSSR count). The Morgan fingerprint density at radius 1 is 1.17 bits per heavy atom. The first kappa shape index (κ1) is 18.1. The fourth-order valence-electron chi connectivity index (χ4n) is 1.77. The molecule has 1 unspecified atom stereocenters. The van der Waals surface area contributed by atoms with Crippen molar-refractivity contribution in [1.82, 2.24) is 10.2 Å². The van der Waals surface area contributed by atoms with Gasteiger partial charge in [0.1, 0.15) is 6.04 Å². The van der Waals surface area contributed by atoms with Gasteiger partial charge >= 0.3 is 0 Å². The van der Waals surface area contributed by atoms with Crippen LogP contribution < -0.4 is 15.5 Å². The molecule has 128 valence electrons. The van der Waals surface area contributed by atoms with E-state index >= 15 is 0 Å². The van der Waals surface area contributed by atoms with Crippen molar-refractivity contribution in [3.63, 3.8) is 0 Å². The molecular formula is C14H15N3O5S2. The van der Waals surface area contributed by atoms with Gasteiger partial charge in [0.15, 0.2) is 0 Å². The first-order valence-electron chi connectivity index (χ1n) is 6.74. The summed E-state index contributed by atoms with van der Waals surface area (Å²) in [4.78, 5) is 23.5. The highest BCUT2D eigenvalue weighted by molar-refractivity contribution is 7.89. The molecule has 2 aromatic rings. The average molecular weight is 369 g/mol. The van der Waals surface area contributed by atoms with Gasteiger partial charge in [0.05, 0.1) is 9.77 Å². The van der Waals surface area contributed by atoms with Crippen LogP contribution in [0.3, 0.4) is 0 Å². The van der Waals surface area contributed by atoms with E-state index in [-0.39, 0.29) is 10.8 Å². The van der Waals surface area contributed by atoms with E-state index in [1.807, 2.05) is 0 Å². The van der Waals surface area contributed by atoms with E-state index < -0.39 is 22.0 Å². The van der Waals surface area contributed by atoms with E-state index in [1.54, 1.807) is 17.5 Å². The summed E-state index contributed by atoms with van der Waals surface area (Å²) >= 11 is 1.29. The smallest absolute Gasteiger partial charge is 0.265 e. The molecule has 0 fully saturated rings. The van der Waals surface area contributed by atoms with E-state index in [4.69, 9.17) is 5.21 Å². The van der Waals surface area contributed by atoms with Gasteiger partial charge in [-0.1, -0.05) is 6.07 Å². The van der Waals surface area contributed by atoms with Crippen molar-refractivity contribution in [2.24, 2.45) is 0 Å². The van der Waals surface area contributed by atoms with Crippen LogP contribution in [0.5, 0.6) is 0 Å². The Labute approximate surface area is 142 Å². The van der Waals surface area contributed by atoms with Gasteiger partial charge < -0.3 is 5.32 Å². The first-order valence-corrected chi connectivity index (χ1v) is 9.11. The Kier molecular flexibility index (Phi) is 5.67. The van der Waals surface area contributed by atoms with E-state index in [9.17, 15) is 18.0 Å². The largest absolute Gasteiger partial charge is 0.321 e. The number of hydrogen-bond acceptors (Lipinski definition) is 6. The second kappa shape index (κ2) is 7.53. The van der Waals surface area contributed by atoms with Crippen molar-refractivity contribution < 1.29 is 23.2 Å². The number of carbonyl (C=O) groups is 2. The van der Waals surface area contributed by atoms with Crippen LogP contribution in [-0.2, 0) is 14.8 Å². The van der Waals surface area contributed by atoms with Crippen LogP contribution in [0.1, 0.15) is 16.6 Å². The topological polar surface area (TPSA) is 125 Å². The molecule has 0 spiro atoms. The quantitative estimate of drug-likeness (QED) is 0.449. The number of benzene rings is 1. The molecule has 0 aliphatic heterocycles. The van der Waals surface area contributed by atoms with Crippen LogP contribution in [0.4, 0.5) is 5.69 Å². The maximum absolute atomic E-state index is 12.1. The van der Waals surface area contributed by atoms with Crippen molar-refractivity contribution in [3.8, 4) is 0 Å². The first-order chi connectivity index (χ1) is 11.3. The molecule has 0 aliphatic carbocycles. The molecule has 2 amide bonds. The molecule has 4 N–H and O–H groups in total. The second-order valence-electron chi connectivity index (χ2n) is 4.77. The molecule has 0 bridgehead atoms. The van der Waals surface area contributed by atoms with Crippen molar-refractivity contribution in [1.29, 1.82) is 0 Å². The Morgan fingerprint density at radius 2 is 1.83 bits per heavy atom. The van der Waals surface area contributed by atoms with Gasteiger partial charge in [-0.25, -0.2) is 13.9 Å². The zero-order valence-corrected chi connectivity index (χ0v) is 14.1. The summed E-state index contributed by atoms with van der Waals surface area (Å²) < 4.78 is 26.4. The molecule has 0 saturated carbocycles. The molecule has 0 saturated heterocycles. The Bertz CT molecular complexity index is 817. The van der Waals surface area contributed by atoms with Crippen molar-refractivity contribution in [2.75, 3.05) is 5.32 Å². The Morgan fingerprint density at radius 3 is 2.38 bits per heavy atom. The normalized spacial score (nSPS) is 12.4. The van der Waals surface area contributed by atoms with Crippen LogP contribution in [0.25, 0.3) is 0 Å². The van der Waals surface area contributed by atoms with Gasteiger partial charge in [-0.2, -0.15) is 4.72 Å². The number of amides is 2. The number of thiophene rings is 1. The lowest BCUT2D eigenvalue weighted by atomic mass is 10.3. The van der Waals surface area contributed by atoms with Crippen LogP contribution in [-0.4, -0.2) is 31.5 Å². The maximum Gasteiger partial charge on any atom is 0.265 e. The molecule has 1 aromatic heterocycles. The zero-order valence-electron chi connectivity index (χ0n) is 12.5. The fourth-order valence-corrected chi connectivity index (χ4v) is 3.59. The Balaban J connectivity index is 2.08. The minimum absolute atomic E-state index is 0.0748. The molecule has 24 heavy (non-hydrogen) atoms. The van der Waals surface area contributed by atoms with Gasteiger partial charge in [-0.3, -0.25) is 14.8 Å². The van der Waals surface area contributed by atoms with Crippen molar-refractivity contribution >= 4 is 38.9 Å². The van der Waals surface area contributed by atoms with Gasteiger partial charge in [0.2, 0.25) is 10.0 Å². The minimum Gasteiger partial charge on any atom is -0.321 e. The fraction of sp³-hybridized carbons (Fsp3) is 0.143. The number of carbonyl (C=O) groups excluding carboxylic acids is 2. The number of nitrogens with one attached hydrogen (secondary N) is 3. The predicted molar refractivity (Wildman–Crippen MR) is 88.4 cm³/mol. The van der Waals surface area contributed by atoms with Crippen molar-refractivity contribution in [2.45, 2.75) is 17.9 Å². The third-order valence-electron chi connectivity index (χ3n) is 3.00. The maximum atomic E-state index is 12.1. The molecule has 1 heterocycles. The van der Waals surface area contributed by atoms with Gasteiger partial charge in [-0.15, -0.1) is 11.3 Å². The molecule has 8 nitrogen and oxygen atoms in total. The molecule has 1 atom stereocenters. The molecule has 0 aliphatic rings. The summed E-state index contributed by atoms with van der Waals surface area (Å²) in [5, 5.41) is 12.9. The number of sulfonamides is 1. The second-order valence-corrected chi connectivity index (χ2v) is 7.44. The minimum atomic E-state index is -3.94. The van der Waals surface area contributed by atoms with E-state index in [0.717, 1.165) is 0 Å². The third kappa shape index (κ3) is 4.38. The van der Waals surface area contributed by atoms with Gasteiger partial charge in [0.25, 0.3) is 11.8 Å². The summed E-state index contributed by atoms with van der Waals surface area (Å²) in [6.07, 6.45) is 0. The molecule has 0 radical (unpaired) electrons. The summed E-state index contributed by atoms with van der Waals surface area (Å²) in [6.45, 7) is 1.29. The van der Waals surface area contributed by atoms with Crippen LogP contribution >= 0.6 is 11.3 Å². The number of rotatable bonds is 6. The highest BCUT2D eigenvalue weighted by Gasteiger charge is 2.21. The van der Waals surface area contributed by atoms with Crippen LogP contribution in [0.15, 0.2) is 46.7 Å².